The average Bonchev–Trinajstić information content (AvgIpc) is 3.95. The molecule has 13 nitrogen and oxygen atoms in total. The minimum Gasteiger partial charge on any atom is -0.472 e. The number of likely N-dealkylation sites (tertiary alicyclic amines) is 1. The van der Waals surface area contributed by atoms with Gasteiger partial charge in [0.15, 0.2) is 0 Å². The fourth-order valence-corrected chi connectivity index (χ4v) is 7.78. The van der Waals surface area contributed by atoms with Crippen LogP contribution in [0.15, 0.2) is 43.1 Å². The van der Waals surface area contributed by atoms with Gasteiger partial charge in [-0.2, -0.15) is 0 Å². The monoisotopic (exact) mass is 725 g/mol. The third kappa shape index (κ3) is 8.48. The van der Waals surface area contributed by atoms with E-state index < -0.39 is 79.7 Å². The molecule has 2 heterocycles. The van der Waals surface area contributed by atoms with Crippen molar-refractivity contribution >= 4 is 44.6 Å². The van der Waals surface area contributed by atoms with Crippen LogP contribution in [0.25, 0.3) is 10.8 Å². The maximum Gasteiger partial charge on any atom is 0.408 e. The second kappa shape index (κ2) is 13.7. The number of alkyl carbamates (subject to hydrolysis) is 1. The topological polar surface area (TPSA) is 173 Å². The van der Waals surface area contributed by atoms with E-state index in [1.807, 2.05) is 18.2 Å². The molecule has 51 heavy (non-hydrogen) atoms. The van der Waals surface area contributed by atoms with Crippen LogP contribution in [-0.2, 0) is 29.1 Å². The highest BCUT2D eigenvalue weighted by Gasteiger charge is 2.62. The molecular weight excluding hydrogens is 675 g/mol. The van der Waals surface area contributed by atoms with E-state index in [2.05, 4.69) is 46.8 Å². The van der Waals surface area contributed by atoms with Crippen LogP contribution in [0.4, 0.5) is 4.79 Å². The highest BCUT2D eigenvalue weighted by Crippen LogP contribution is 2.45. The number of hydrogen-bond donors (Lipinski definition) is 3. The van der Waals surface area contributed by atoms with Crippen molar-refractivity contribution in [2.45, 2.75) is 122 Å². The number of fused-ring (bicyclic) bond motifs is 1. The Kier molecular flexibility index (Phi) is 10.2. The van der Waals surface area contributed by atoms with E-state index in [1.165, 1.54) is 11.0 Å². The second-order valence-electron chi connectivity index (χ2n) is 16.4. The summed E-state index contributed by atoms with van der Waals surface area (Å²) in [6.07, 6.45) is 2.79. The van der Waals surface area contributed by atoms with Crippen LogP contribution in [0.5, 0.6) is 5.88 Å². The summed E-state index contributed by atoms with van der Waals surface area (Å²) in [5.41, 5.74) is -2.01. The third-order valence-electron chi connectivity index (χ3n) is 9.57. The highest BCUT2D eigenvalue weighted by atomic mass is 32.2. The number of sulfonamides is 1. The van der Waals surface area contributed by atoms with Crippen LogP contribution in [-0.4, -0.2) is 83.2 Å². The van der Waals surface area contributed by atoms with Crippen molar-refractivity contribution in [3.05, 3.63) is 48.7 Å². The van der Waals surface area contributed by atoms with Crippen LogP contribution < -0.4 is 20.1 Å². The first-order chi connectivity index (χ1) is 23.6. The van der Waals surface area contributed by atoms with Gasteiger partial charge in [-0.25, -0.2) is 18.2 Å². The Morgan fingerprint density at radius 3 is 2.33 bits per heavy atom. The van der Waals surface area contributed by atoms with E-state index in [1.54, 1.807) is 47.7 Å². The van der Waals surface area contributed by atoms with Crippen molar-refractivity contribution in [3.63, 3.8) is 0 Å². The predicted molar refractivity (Wildman–Crippen MR) is 192 cm³/mol. The van der Waals surface area contributed by atoms with E-state index in [-0.39, 0.29) is 19.4 Å². The number of ether oxygens (including phenoxy) is 2. The van der Waals surface area contributed by atoms with Crippen molar-refractivity contribution in [1.29, 1.82) is 0 Å². The number of benzene rings is 1. The lowest BCUT2D eigenvalue weighted by atomic mass is 9.85. The van der Waals surface area contributed by atoms with Gasteiger partial charge in [0.1, 0.15) is 29.3 Å². The summed E-state index contributed by atoms with van der Waals surface area (Å²) in [5, 5.41) is 6.56. The van der Waals surface area contributed by atoms with Gasteiger partial charge in [-0.1, -0.05) is 52.8 Å². The summed E-state index contributed by atoms with van der Waals surface area (Å²) in [6.45, 7) is 18.5. The van der Waals surface area contributed by atoms with Gasteiger partial charge in [0.2, 0.25) is 27.7 Å². The molecule has 5 rings (SSSR count). The number of carbonyl (C=O) groups excluding carboxylic acids is 4. The second-order valence-corrected chi connectivity index (χ2v) is 18.3. The lowest BCUT2D eigenvalue weighted by Gasteiger charge is -2.36. The molecule has 1 aliphatic heterocycles. The zero-order valence-electron chi connectivity index (χ0n) is 30.7. The molecule has 4 amide bonds. The maximum absolute atomic E-state index is 14.5. The molecule has 1 aromatic heterocycles. The Morgan fingerprint density at radius 1 is 1.08 bits per heavy atom. The molecule has 0 spiro atoms. The summed E-state index contributed by atoms with van der Waals surface area (Å²) in [7, 11) is -3.89. The van der Waals surface area contributed by atoms with Crippen molar-refractivity contribution < 1.29 is 37.1 Å². The summed E-state index contributed by atoms with van der Waals surface area (Å²) in [6, 6.07) is 5.68. The Hall–Kier alpha value is -4.20. The number of nitrogens with zero attached hydrogens (tertiary/aromatic N) is 2. The van der Waals surface area contributed by atoms with Crippen LogP contribution >= 0.6 is 0 Å². The van der Waals surface area contributed by atoms with Crippen LogP contribution in [0.3, 0.4) is 0 Å². The van der Waals surface area contributed by atoms with Crippen molar-refractivity contribution in [1.82, 2.24) is 25.2 Å². The number of aromatic nitrogens is 1. The number of carbonyl (C=O) groups is 4. The molecule has 3 aliphatic rings. The van der Waals surface area contributed by atoms with Crippen LogP contribution in [0.2, 0.25) is 0 Å². The summed E-state index contributed by atoms with van der Waals surface area (Å²) in [4.78, 5) is 60.9. The predicted octanol–water partition coefficient (Wildman–Crippen LogP) is 4.32. The van der Waals surface area contributed by atoms with E-state index >= 15 is 0 Å². The van der Waals surface area contributed by atoms with Crippen LogP contribution in [0.1, 0.15) is 92.6 Å². The molecule has 3 fully saturated rings. The molecule has 278 valence electrons. The van der Waals surface area contributed by atoms with Gasteiger partial charge in [-0.3, -0.25) is 19.1 Å². The summed E-state index contributed by atoms with van der Waals surface area (Å²) >= 11 is 0. The largest absolute Gasteiger partial charge is 0.472 e. The SMILES string of the molecule is C=CC1C[C@]1(NC(=O)[C@@H]1C[C@@H](Oc2nccc3cc(C(C)C)ccc23)CN1C(=O)[C@@H](NC(=O)OC(C)(C)C)C(C)(C)C)C(=O)NS(=O)(=O)C1CC1. The van der Waals surface area contributed by atoms with Gasteiger partial charge in [0.25, 0.3) is 5.91 Å². The lowest BCUT2D eigenvalue weighted by molar-refractivity contribution is -0.143. The van der Waals surface area contributed by atoms with Gasteiger partial charge >= 0.3 is 6.09 Å². The fraction of sp³-hybridized carbons (Fsp3) is 0.595. The summed E-state index contributed by atoms with van der Waals surface area (Å²) < 4.78 is 39.4. The van der Waals surface area contributed by atoms with Gasteiger partial charge in [-0.15, -0.1) is 6.58 Å². The Labute approximate surface area is 300 Å². The maximum atomic E-state index is 14.5. The molecule has 1 saturated heterocycles. The zero-order valence-corrected chi connectivity index (χ0v) is 31.6. The molecule has 14 heteroatoms. The van der Waals surface area contributed by atoms with E-state index in [9.17, 15) is 27.6 Å². The quantitative estimate of drug-likeness (QED) is 0.285. The fourth-order valence-electron chi connectivity index (χ4n) is 6.41. The van der Waals surface area contributed by atoms with E-state index in [4.69, 9.17) is 9.47 Å². The first kappa shape index (κ1) is 38.0. The number of hydrogen-bond acceptors (Lipinski definition) is 9. The van der Waals surface area contributed by atoms with Gasteiger partial charge in [0, 0.05) is 23.9 Å². The minimum absolute atomic E-state index is 0.0260. The van der Waals surface area contributed by atoms with Crippen molar-refractivity contribution in [2.24, 2.45) is 11.3 Å². The van der Waals surface area contributed by atoms with Crippen molar-refractivity contribution in [3.8, 4) is 5.88 Å². The highest BCUT2D eigenvalue weighted by molar-refractivity contribution is 7.91. The van der Waals surface area contributed by atoms with E-state index in [0.717, 1.165) is 16.3 Å². The Morgan fingerprint density at radius 2 is 1.76 bits per heavy atom. The van der Waals surface area contributed by atoms with E-state index in [0.29, 0.717) is 24.6 Å². The normalized spacial score (nSPS) is 24.1. The first-order valence-corrected chi connectivity index (χ1v) is 19.1. The molecule has 2 aliphatic carbocycles. The summed E-state index contributed by atoms with van der Waals surface area (Å²) in [5.74, 6) is -1.89. The molecule has 2 aromatic rings. The van der Waals surface area contributed by atoms with Gasteiger partial charge < -0.3 is 25.0 Å². The molecule has 5 atom stereocenters. The van der Waals surface area contributed by atoms with Gasteiger partial charge in [0.05, 0.1) is 11.8 Å². The third-order valence-corrected chi connectivity index (χ3v) is 11.4. The molecular formula is C37H51N5O8S. The first-order valence-electron chi connectivity index (χ1n) is 17.5. The Bertz CT molecular complexity index is 1830. The molecule has 0 bridgehead atoms. The molecule has 2 saturated carbocycles. The zero-order chi connectivity index (χ0) is 37.7. The van der Waals surface area contributed by atoms with Crippen molar-refractivity contribution in [2.75, 3.05) is 6.54 Å². The standard InChI is InChI=1S/C37H51N5O8S/c1-10-24-19-37(24,33(45)41-51(47,48)26-12-13-26)40-30(43)28-18-25(49-31-27-14-11-22(21(2)3)17-23(27)15-16-38-31)20-42(28)32(44)29(35(4,5)6)39-34(46)50-36(7,8)9/h10-11,14-17,21,24-26,28-29H,1,12-13,18-20H2,2-9H3,(H,39,46)(H,40,43)(H,41,45)/t24?,25-,28+,29-,37-/m1/s1. The number of pyridine rings is 1. The Balaban J connectivity index is 1.45. The molecule has 0 radical (unpaired) electrons. The van der Waals surface area contributed by atoms with Crippen LogP contribution in [0, 0.1) is 11.3 Å². The number of amides is 4. The number of nitrogens with one attached hydrogen (secondary N) is 3. The molecule has 3 N–H and O–H groups in total. The lowest BCUT2D eigenvalue weighted by Crippen LogP contribution is -2.60. The minimum atomic E-state index is -3.89. The molecule has 1 unspecified atom stereocenters. The average molecular weight is 726 g/mol. The smallest absolute Gasteiger partial charge is 0.408 e. The number of rotatable bonds is 11. The van der Waals surface area contributed by atoms with Gasteiger partial charge in [-0.05, 0) is 74.4 Å². The molecule has 1 aromatic carbocycles.